The first-order valence-electron chi connectivity index (χ1n) is 7.23. The van der Waals surface area contributed by atoms with Gasteiger partial charge in [-0.3, -0.25) is 5.32 Å². The van der Waals surface area contributed by atoms with E-state index in [-0.39, 0.29) is 6.61 Å². The Labute approximate surface area is 130 Å². The van der Waals surface area contributed by atoms with Gasteiger partial charge in [-0.05, 0) is 29.7 Å². The minimum absolute atomic E-state index is 0.197. The summed E-state index contributed by atoms with van der Waals surface area (Å²) in [5.41, 5.74) is 2.92. The third-order valence-electron chi connectivity index (χ3n) is 3.19. The average molecular weight is 294 g/mol. The lowest BCUT2D eigenvalue weighted by Crippen LogP contribution is -2.14. The van der Waals surface area contributed by atoms with Crippen molar-refractivity contribution >= 4 is 11.8 Å². The van der Waals surface area contributed by atoms with E-state index in [0.29, 0.717) is 11.3 Å². The normalized spacial score (nSPS) is 9.82. The quantitative estimate of drug-likeness (QED) is 0.896. The molecule has 2 rings (SSSR count). The van der Waals surface area contributed by atoms with Gasteiger partial charge in [-0.1, -0.05) is 49.7 Å². The fourth-order valence-corrected chi connectivity index (χ4v) is 2.11. The molecule has 2 aromatic rings. The number of nitriles is 1. The molecule has 0 radical (unpaired) electrons. The van der Waals surface area contributed by atoms with E-state index in [4.69, 9.17) is 4.74 Å². The lowest BCUT2D eigenvalue weighted by molar-refractivity contribution is 0.155. The minimum Gasteiger partial charge on any atom is -0.444 e. The number of carbonyl (C=O) groups excluding carboxylic acids is 1. The van der Waals surface area contributed by atoms with Crippen LogP contribution in [0.5, 0.6) is 0 Å². The summed E-state index contributed by atoms with van der Waals surface area (Å²) in [6.07, 6.45) is 1.35. The van der Waals surface area contributed by atoms with Crippen LogP contribution < -0.4 is 5.32 Å². The van der Waals surface area contributed by atoms with Crippen LogP contribution in [0.3, 0.4) is 0 Å². The second kappa shape index (κ2) is 7.84. The van der Waals surface area contributed by atoms with E-state index in [1.807, 2.05) is 36.4 Å². The molecule has 0 aromatic heterocycles. The van der Waals surface area contributed by atoms with Gasteiger partial charge >= 0.3 is 6.09 Å². The average Bonchev–Trinajstić information content (AvgIpc) is 2.55. The highest BCUT2D eigenvalue weighted by molar-refractivity contribution is 5.86. The number of benzene rings is 2. The minimum atomic E-state index is -0.566. The molecule has 4 nitrogen and oxygen atoms in total. The van der Waals surface area contributed by atoms with Crippen LogP contribution in [-0.2, 0) is 17.8 Å². The molecule has 0 saturated carbocycles. The molecule has 0 unspecified atom stereocenters. The summed E-state index contributed by atoms with van der Waals surface area (Å²) in [6.45, 7) is 2.28. The second-order valence-electron chi connectivity index (χ2n) is 4.93. The van der Waals surface area contributed by atoms with Crippen molar-refractivity contribution in [2.45, 2.75) is 26.4 Å². The Balaban J connectivity index is 1.98. The molecule has 22 heavy (non-hydrogen) atoms. The molecule has 2 aromatic carbocycles. The van der Waals surface area contributed by atoms with Gasteiger partial charge in [0.1, 0.15) is 12.7 Å². The number of anilines is 1. The standard InChI is InChI=1S/C18H18N2O2/c1-2-6-14-9-10-17(16(11-14)12-19)20-18(21)22-13-15-7-4-3-5-8-15/h3-5,7-11H,2,6,13H2,1H3,(H,20,21). The lowest BCUT2D eigenvalue weighted by Gasteiger charge is -2.09. The topological polar surface area (TPSA) is 62.1 Å². The summed E-state index contributed by atoms with van der Waals surface area (Å²) < 4.78 is 5.15. The number of carbonyl (C=O) groups is 1. The molecule has 112 valence electrons. The van der Waals surface area contributed by atoms with Crippen molar-refractivity contribution in [2.75, 3.05) is 5.32 Å². The number of rotatable bonds is 5. The Bertz CT molecular complexity index is 675. The Kier molecular flexibility index (Phi) is 5.56. The van der Waals surface area contributed by atoms with E-state index in [9.17, 15) is 10.1 Å². The zero-order valence-corrected chi connectivity index (χ0v) is 12.5. The number of ether oxygens (including phenoxy) is 1. The molecule has 0 saturated heterocycles. The van der Waals surface area contributed by atoms with Crippen LogP contribution in [0, 0.1) is 11.3 Å². The summed E-state index contributed by atoms with van der Waals surface area (Å²) in [7, 11) is 0. The molecule has 0 aliphatic rings. The van der Waals surface area contributed by atoms with E-state index in [1.54, 1.807) is 12.1 Å². The van der Waals surface area contributed by atoms with Crippen LogP contribution in [-0.4, -0.2) is 6.09 Å². The van der Waals surface area contributed by atoms with Gasteiger partial charge in [-0.25, -0.2) is 4.79 Å². The number of nitrogens with one attached hydrogen (secondary N) is 1. The fourth-order valence-electron chi connectivity index (χ4n) is 2.11. The van der Waals surface area contributed by atoms with Crippen molar-refractivity contribution in [3.05, 3.63) is 65.2 Å². The van der Waals surface area contributed by atoms with E-state index in [1.165, 1.54) is 0 Å². The van der Waals surface area contributed by atoms with Crippen molar-refractivity contribution in [1.29, 1.82) is 5.26 Å². The highest BCUT2D eigenvalue weighted by atomic mass is 16.5. The number of hydrogen-bond acceptors (Lipinski definition) is 3. The Morgan fingerprint density at radius 3 is 2.64 bits per heavy atom. The summed E-state index contributed by atoms with van der Waals surface area (Å²) in [5.74, 6) is 0. The molecule has 0 spiro atoms. The number of amides is 1. The third-order valence-corrected chi connectivity index (χ3v) is 3.19. The molecule has 1 amide bonds. The number of nitrogens with zero attached hydrogens (tertiary/aromatic N) is 1. The van der Waals surface area contributed by atoms with Crippen molar-refractivity contribution in [3.8, 4) is 6.07 Å². The maximum absolute atomic E-state index is 11.8. The number of aryl methyl sites for hydroxylation is 1. The van der Waals surface area contributed by atoms with E-state index in [2.05, 4.69) is 18.3 Å². The van der Waals surface area contributed by atoms with E-state index < -0.39 is 6.09 Å². The van der Waals surface area contributed by atoms with Gasteiger partial charge in [0.25, 0.3) is 0 Å². The monoisotopic (exact) mass is 294 g/mol. The SMILES string of the molecule is CCCc1ccc(NC(=O)OCc2ccccc2)c(C#N)c1. The number of hydrogen-bond donors (Lipinski definition) is 1. The second-order valence-corrected chi connectivity index (χ2v) is 4.93. The first-order valence-corrected chi connectivity index (χ1v) is 7.23. The summed E-state index contributed by atoms with van der Waals surface area (Å²) in [4.78, 5) is 11.8. The zero-order valence-electron chi connectivity index (χ0n) is 12.5. The fraction of sp³-hybridized carbons (Fsp3) is 0.222. The first-order chi connectivity index (χ1) is 10.7. The van der Waals surface area contributed by atoms with Crippen LogP contribution in [0.2, 0.25) is 0 Å². The first kappa shape index (κ1) is 15.6. The Morgan fingerprint density at radius 2 is 1.95 bits per heavy atom. The van der Waals surface area contributed by atoms with Gasteiger partial charge in [-0.15, -0.1) is 0 Å². The highest BCUT2D eigenvalue weighted by Crippen LogP contribution is 2.18. The van der Waals surface area contributed by atoms with Gasteiger partial charge < -0.3 is 4.74 Å². The van der Waals surface area contributed by atoms with Crippen molar-refractivity contribution in [1.82, 2.24) is 0 Å². The van der Waals surface area contributed by atoms with Gasteiger partial charge in [0, 0.05) is 0 Å². The highest BCUT2D eigenvalue weighted by Gasteiger charge is 2.08. The summed E-state index contributed by atoms with van der Waals surface area (Å²) in [6, 6.07) is 17.0. The Morgan fingerprint density at radius 1 is 1.18 bits per heavy atom. The molecular formula is C18H18N2O2. The van der Waals surface area contributed by atoms with Crippen molar-refractivity contribution < 1.29 is 9.53 Å². The van der Waals surface area contributed by atoms with Crippen LogP contribution in [0.4, 0.5) is 10.5 Å². The summed E-state index contributed by atoms with van der Waals surface area (Å²) >= 11 is 0. The van der Waals surface area contributed by atoms with Crippen molar-refractivity contribution in [2.24, 2.45) is 0 Å². The third kappa shape index (κ3) is 4.35. The van der Waals surface area contributed by atoms with Crippen molar-refractivity contribution in [3.63, 3.8) is 0 Å². The molecule has 0 bridgehead atoms. The van der Waals surface area contributed by atoms with E-state index >= 15 is 0 Å². The van der Waals surface area contributed by atoms with Gasteiger partial charge in [0.15, 0.2) is 0 Å². The smallest absolute Gasteiger partial charge is 0.411 e. The van der Waals surface area contributed by atoms with Crippen LogP contribution in [0.25, 0.3) is 0 Å². The molecule has 1 N–H and O–H groups in total. The summed E-state index contributed by atoms with van der Waals surface area (Å²) in [5, 5.41) is 11.8. The molecule has 0 fully saturated rings. The Hall–Kier alpha value is -2.80. The molecule has 0 aliphatic carbocycles. The molecule has 4 heteroatoms. The molecular weight excluding hydrogens is 276 g/mol. The maximum atomic E-state index is 11.8. The van der Waals surface area contributed by atoms with Gasteiger partial charge in [0.05, 0.1) is 11.3 Å². The molecule has 0 aliphatic heterocycles. The molecule has 0 atom stereocenters. The predicted molar refractivity (Wildman–Crippen MR) is 85.4 cm³/mol. The lowest BCUT2D eigenvalue weighted by atomic mass is 10.1. The van der Waals surface area contributed by atoms with Gasteiger partial charge in [0.2, 0.25) is 0 Å². The predicted octanol–water partition coefficient (Wildman–Crippen LogP) is 4.26. The largest absolute Gasteiger partial charge is 0.444 e. The maximum Gasteiger partial charge on any atom is 0.411 e. The molecule has 0 heterocycles. The van der Waals surface area contributed by atoms with Crippen LogP contribution >= 0.6 is 0 Å². The van der Waals surface area contributed by atoms with Crippen LogP contribution in [0.15, 0.2) is 48.5 Å². The van der Waals surface area contributed by atoms with E-state index in [0.717, 1.165) is 24.0 Å². The zero-order chi connectivity index (χ0) is 15.8. The van der Waals surface area contributed by atoms with Gasteiger partial charge in [-0.2, -0.15) is 5.26 Å². The van der Waals surface area contributed by atoms with Crippen LogP contribution in [0.1, 0.15) is 30.0 Å².